The van der Waals surface area contributed by atoms with Crippen molar-refractivity contribution in [2.45, 2.75) is 6.10 Å². The first kappa shape index (κ1) is 13.3. The van der Waals surface area contributed by atoms with Crippen LogP contribution in [0.1, 0.15) is 11.7 Å². The number of methoxy groups -OCH3 is 1. The summed E-state index contributed by atoms with van der Waals surface area (Å²) in [5, 5.41) is 13.0. The van der Waals surface area contributed by atoms with Gasteiger partial charge in [-0.2, -0.15) is 0 Å². The standard InChI is InChI=1S/C14H15FN2O2/c1-19-14-7-6-12(8-17-14)16-9-13(18)10-2-4-11(15)5-3-10/h2-8,13,16,18H,9H2,1H3. The molecule has 19 heavy (non-hydrogen) atoms. The number of aliphatic hydroxyl groups excluding tert-OH is 1. The molecule has 2 aromatic rings. The predicted octanol–water partition coefficient (Wildman–Crippen LogP) is 2.37. The molecule has 0 aliphatic heterocycles. The third-order valence-electron chi connectivity index (χ3n) is 2.70. The summed E-state index contributed by atoms with van der Waals surface area (Å²) < 4.78 is 17.7. The van der Waals surface area contributed by atoms with Crippen molar-refractivity contribution in [1.82, 2.24) is 4.98 Å². The van der Waals surface area contributed by atoms with Crippen LogP contribution in [0.3, 0.4) is 0 Å². The van der Waals surface area contributed by atoms with Crippen molar-refractivity contribution in [3.8, 4) is 5.88 Å². The third kappa shape index (κ3) is 3.66. The molecule has 0 fully saturated rings. The lowest BCUT2D eigenvalue weighted by Gasteiger charge is -2.13. The van der Waals surface area contributed by atoms with E-state index in [9.17, 15) is 9.50 Å². The second-order valence-corrected chi connectivity index (χ2v) is 4.04. The molecule has 4 nitrogen and oxygen atoms in total. The Hall–Kier alpha value is -2.14. The maximum absolute atomic E-state index is 12.8. The Kier molecular flexibility index (Phi) is 4.30. The number of ether oxygens (including phenoxy) is 1. The zero-order chi connectivity index (χ0) is 13.7. The van der Waals surface area contributed by atoms with E-state index in [1.54, 1.807) is 31.5 Å². The molecule has 0 amide bonds. The van der Waals surface area contributed by atoms with Gasteiger partial charge in [-0.1, -0.05) is 12.1 Å². The van der Waals surface area contributed by atoms with Gasteiger partial charge >= 0.3 is 0 Å². The lowest BCUT2D eigenvalue weighted by molar-refractivity contribution is 0.191. The highest BCUT2D eigenvalue weighted by Gasteiger charge is 2.07. The van der Waals surface area contributed by atoms with Crippen molar-refractivity contribution in [2.75, 3.05) is 19.0 Å². The molecule has 1 atom stereocenters. The smallest absolute Gasteiger partial charge is 0.213 e. The number of hydrogen-bond acceptors (Lipinski definition) is 4. The Bertz CT molecular complexity index is 514. The van der Waals surface area contributed by atoms with Gasteiger partial charge in [0.25, 0.3) is 0 Å². The fourth-order valence-electron chi connectivity index (χ4n) is 1.62. The van der Waals surface area contributed by atoms with Gasteiger partial charge in [0.1, 0.15) is 5.82 Å². The molecule has 1 unspecified atom stereocenters. The monoisotopic (exact) mass is 262 g/mol. The van der Waals surface area contributed by atoms with Crippen LogP contribution in [0.2, 0.25) is 0 Å². The maximum atomic E-state index is 12.8. The van der Waals surface area contributed by atoms with Gasteiger partial charge in [-0.3, -0.25) is 0 Å². The first-order chi connectivity index (χ1) is 9.19. The van der Waals surface area contributed by atoms with Crippen molar-refractivity contribution < 1.29 is 14.2 Å². The number of rotatable bonds is 5. The molecular weight excluding hydrogens is 247 g/mol. The number of anilines is 1. The second kappa shape index (κ2) is 6.15. The van der Waals surface area contributed by atoms with Crippen LogP contribution < -0.4 is 10.1 Å². The van der Waals surface area contributed by atoms with Gasteiger partial charge in [0.15, 0.2) is 0 Å². The van der Waals surface area contributed by atoms with Gasteiger partial charge < -0.3 is 15.2 Å². The lowest BCUT2D eigenvalue weighted by Crippen LogP contribution is -2.12. The molecule has 0 spiro atoms. The molecule has 0 saturated heterocycles. The highest BCUT2D eigenvalue weighted by molar-refractivity contribution is 5.42. The number of halogens is 1. The Labute approximate surface area is 110 Å². The van der Waals surface area contributed by atoms with Crippen LogP contribution >= 0.6 is 0 Å². The molecule has 0 radical (unpaired) electrons. The average Bonchev–Trinajstić information content (AvgIpc) is 2.46. The fraction of sp³-hybridized carbons (Fsp3) is 0.214. The summed E-state index contributed by atoms with van der Waals surface area (Å²) >= 11 is 0. The summed E-state index contributed by atoms with van der Waals surface area (Å²) in [7, 11) is 1.55. The highest BCUT2D eigenvalue weighted by atomic mass is 19.1. The van der Waals surface area contributed by atoms with Gasteiger partial charge in [0, 0.05) is 12.6 Å². The highest BCUT2D eigenvalue weighted by Crippen LogP contribution is 2.16. The van der Waals surface area contributed by atoms with E-state index in [1.165, 1.54) is 12.1 Å². The van der Waals surface area contributed by atoms with E-state index in [0.29, 0.717) is 18.0 Å². The van der Waals surface area contributed by atoms with E-state index in [0.717, 1.165) is 5.69 Å². The average molecular weight is 262 g/mol. The molecule has 1 heterocycles. The number of nitrogens with zero attached hydrogens (tertiary/aromatic N) is 1. The summed E-state index contributed by atoms with van der Waals surface area (Å²) in [6.45, 7) is 0.319. The maximum Gasteiger partial charge on any atom is 0.213 e. The summed E-state index contributed by atoms with van der Waals surface area (Å²) in [4.78, 5) is 4.04. The molecule has 0 aliphatic carbocycles. The minimum absolute atomic E-state index is 0.316. The molecule has 1 aromatic carbocycles. The van der Waals surface area contributed by atoms with Crippen LogP contribution in [0.25, 0.3) is 0 Å². The van der Waals surface area contributed by atoms with E-state index in [4.69, 9.17) is 4.74 Å². The van der Waals surface area contributed by atoms with Gasteiger partial charge in [-0.25, -0.2) is 9.37 Å². The van der Waals surface area contributed by atoms with E-state index in [2.05, 4.69) is 10.3 Å². The molecule has 1 aromatic heterocycles. The first-order valence-electron chi connectivity index (χ1n) is 5.86. The van der Waals surface area contributed by atoms with Crippen molar-refractivity contribution in [1.29, 1.82) is 0 Å². The van der Waals surface area contributed by atoms with Crippen LogP contribution in [0.15, 0.2) is 42.6 Å². The quantitative estimate of drug-likeness (QED) is 0.868. The Morgan fingerprint density at radius 1 is 1.26 bits per heavy atom. The van der Waals surface area contributed by atoms with Gasteiger partial charge in [-0.15, -0.1) is 0 Å². The number of pyridine rings is 1. The Balaban J connectivity index is 1.92. The molecule has 0 saturated carbocycles. The number of aliphatic hydroxyl groups is 1. The number of aromatic nitrogens is 1. The van der Waals surface area contributed by atoms with E-state index in [-0.39, 0.29) is 5.82 Å². The largest absolute Gasteiger partial charge is 0.481 e. The van der Waals surface area contributed by atoms with E-state index < -0.39 is 6.10 Å². The zero-order valence-electron chi connectivity index (χ0n) is 10.5. The molecule has 0 bridgehead atoms. The third-order valence-corrected chi connectivity index (χ3v) is 2.70. The number of hydrogen-bond donors (Lipinski definition) is 2. The van der Waals surface area contributed by atoms with E-state index in [1.807, 2.05) is 6.07 Å². The molecule has 0 aliphatic rings. The van der Waals surface area contributed by atoms with Crippen molar-refractivity contribution in [2.24, 2.45) is 0 Å². The zero-order valence-corrected chi connectivity index (χ0v) is 10.5. The van der Waals surface area contributed by atoms with Crippen LogP contribution in [0, 0.1) is 5.82 Å². The molecule has 5 heteroatoms. The van der Waals surface area contributed by atoms with Crippen molar-refractivity contribution in [3.63, 3.8) is 0 Å². The lowest BCUT2D eigenvalue weighted by atomic mass is 10.1. The summed E-state index contributed by atoms with van der Waals surface area (Å²) in [6, 6.07) is 9.32. The van der Waals surface area contributed by atoms with Crippen LogP contribution in [-0.2, 0) is 0 Å². The number of nitrogens with one attached hydrogen (secondary N) is 1. The Morgan fingerprint density at radius 2 is 2.00 bits per heavy atom. The molecule has 2 N–H and O–H groups in total. The molecule has 100 valence electrons. The molecular formula is C14H15FN2O2. The minimum Gasteiger partial charge on any atom is -0.481 e. The van der Waals surface area contributed by atoms with Crippen LogP contribution in [0.4, 0.5) is 10.1 Å². The summed E-state index contributed by atoms with van der Waals surface area (Å²) in [5.41, 5.74) is 1.44. The van der Waals surface area contributed by atoms with Gasteiger partial charge in [0.2, 0.25) is 5.88 Å². The SMILES string of the molecule is COc1ccc(NCC(O)c2ccc(F)cc2)cn1. The van der Waals surface area contributed by atoms with Crippen molar-refractivity contribution in [3.05, 3.63) is 54.0 Å². The Morgan fingerprint density at radius 3 is 2.58 bits per heavy atom. The summed E-state index contributed by atoms with van der Waals surface area (Å²) in [6.07, 6.45) is 0.915. The van der Waals surface area contributed by atoms with Crippen molar-refractivity contribution >= 4 is 5.69 Å². The predicted molar refractivity (Wildman–Crippen MR) is 70.6 cm³/mol. The first-order valence-corrected chi connectivity index (χ1v) is 5.86. The number of benzene rings is 1. The van der Waals surface area contributed by atoms with Gasteiger partial charge in [-0.05, 0) is 23.8 Å². The van der Waals surface area contributed by atoms with Gasteiger partial charge in [0.05, 0.1) is 25.1 Å². The van der Waals surface area contributed by atoms with Crippen LogP contribution in [-0.4, -0.2) is 23.7 Å². The molecule has 2 rings (SSSR count). The summed E-state index contributed by atoms with van der Waals surface area (Å²) in [5.74, 6) is 0.216. The minimum atomic E-state index is -0.706. The topological polar surface area (TPSA) is 54.4 Å². The van der Waals surface area contributed by atoms with Crippen LogP contribution in [0.5, 0.6) is 5.88 Å². The fourth-order valence-corrected chi connectivity index (χ4v) is 1.62. The second-order valence-electron chi connectivity index (χ2n) is 4.04. The van der Waals surface area contributed by atoms with E-state index >= 15 is 0 Å². The normalized spacial score (nSPS) is 11.9.